The Morgan fingerprint density at radius 3 is 2.08 bits per heavy atom. The van der Waals surface area contributed by atoms with E-state index >= 15 is 0 Å². The smallest absolute Gasteiger partial charge is 0.426 e. The standard InChI is InChI=1S/C26H19F7O4/c1-14-11-35-25(36-12-14)15-2-4-17(5-3-15)26(32,33)37-18-6-7-19(20(27)10-18)16-8-21(28)24(22(29)9-16)34-13-23(30)31/h2-10,13-14,25H,11-12H2,1H3. The molecular weight excluding hydrogens is 509 g/mol. The Hall–Kier alpha value is -3.57. The zero-order chi connectivity index (χ0) is 26.7. The van der Waals surface area contributed by atoms with Crippen LogP contribution in [0, 0.1) is 23.4 Å². The van der Waals surface area contributed by atoms with E-state index in [1.807, 2.05) is 6.92 Å². The molecule has 11 heteroatoms. The van der Waals surface area contributed by atoms with Crippen molar-refractivity contribution in [2.24, 2.45) is 5.92 Å². The monoisotopic (exact) mass is 528 g/mol. The number of benzene rings is 3. The summed E-state index contributed by atoms with van der Waals surface area (Å²) in [7, 11) is 0. The van der Waals surface area contributed by atoms with Gasteiger partial charge in [0, 0.05) is 23.1 Å². The van der Waals surface area contributed by atoms with Gasteiger partial charge < -0.3 is 18.9 Å². The van der Waals surface area contributed by atoms with Gasteiger partial charge in [-0.2, -0.15) is 17.6 Å². The summed E-state index contributed by atoms with van der Waals surface area (Å²) in [5, 5.41) is 0. The fourth-order valence-corrected chi connectivity index (χ4v) is 3.56. The SMILES string of the molecule is CC1COC(c2ccc(C(F)(F)Oc3ccc(-c4cc(F)c(OC=C(F)F)c(F)c4)c(F)c3)cc2)OC1. The van der Waals surface area contributed by atoms with Gasteiger partial charge in [0.05, 0.1) is 18.8 Å². The fourth-order valence-electron chi connectivity index (χ4n) is 3.56. The first-order valence-corrected chi connectivity index (χ1v) is 10.9. The quantitative estimate of drug-likeness (QED) is 0.233. The van der Waals surface area contributed by atoms with Gasteiger partial charge in [-0.1, -0.05) is 19.1 Å². The minimum atomic E-state index is -3.84. The zero-order valence-corrected chi connectivity index (χ0v) is 19.1. The van der Waals surface area contributed by atoms with Crippen molar-refractivity contribution in [1.82, 2.24) is 0 Å². The molecule has 1 aliphatic rings. The first-order valence-electron chi connectivity index (χ1n) is 10.9. The Bertz CT molecular complexity index is 1260. The molecule has 3 aromatic rings. The normalized spacial score (nSPS) is 17.8. The van der Waals surface area contributed by atoms with E-state index < -0.39 is 53.0 Å². The molecule has 0 aromatic heterocycles. The molecule has 0 amide bonds. The minimum Gasteiger partial charge on any atom is -0.453 e. The summed E-state index contributed by atoms with van der Waals surface area (Å²) in [4.78, 5) is 0. The molecule has 0 saturated carbocycles. The number of rotatable bonds is 7. The highest BCUT2D eigenvalue weighted by Gasteiger charge is 2.35. The number of ether oxygens (including phenoxy) is 4. The van der Waals surface area contributed by atoms with Crippen LogP contribution >= 0.6 is 0 Å². The van der Waals surface area contributed by atoms with Gasteiger partial charge in [0.15, 0.2) is 29.9 Å². The summed E-state index contributed by atoms with van der Waals surface area (Å²) >= 11 is 0. The van der Waals surface area contributed by atoms with E-state index in [1.54, 1.807) is 0 Å². The number of hydrogen-bond donors (Lipinski definition) is 0. The maximum Gasteiger partial charge on any atom is 0.426 e. The third-order valence-electron chi connectivity index (χ3n) is 5.34. The summed E-state index contributed by atoms with van der Waals surface area (Å²) in [6.07, 6.45) is -6.98. The lowest BCUT2D eigenvalue weighted by Crippen LogP contribution is -2.25. The Morgan fingerprint density at radius 1 is 0.892 bits per heavy atom. The number of halogens is 7. The second-order valence-corrected chi connectivity index (χ2v) is 8.28. The zero-order valence-electron chi connectivity index (χ0n) is 19.1. The van der Waals surface area contributed by atoms with E-state index in [0.717, 1.165) is 24.3 Å². The van der Waals surface area contributed by atoms with Crippen molar-refractivity contribution in [1.29, 1.82) is 0 Å². The van der Waals surface area contributed by atoms with Crippen LogP contribution in [0.3, 0.4) is 0 Å². The van der Waals surface area contributed by atoms with Crippen molar-refractivity contribution in [2.45, 2.75) is 19.3 Å². The molecule has 0 radical (unpaired) electrons. The van der Waals surface area contributed by atoms with Crippen molar-refractivity contribution < 1.29 is 49.7 Å². The highest BCUT2D eigenvalue weighted by Crippen LogP contribution is 2.36. The van der Waals surface area contributed by atoms with Crippen molar-refractivity contribution in [2.75, 3.05) is 13.2 Å². The van der Waals surface area contributed by atoms with Gasteiger partial charge in [-0.25, -0.2) is 13.2 Å². The van der Waals surface area contributed by atoms with E-state index in [-0.39, 0.29) is 23.3 Å². The van der Waals surface area contributed by atoms with Gasteiger partial charge in [0.2, 0.25) is 0 Å². The Kier molecular flexibility index (Phi) is 7.74. The van der Waals surface area contributed by atoms with Gasteiger partial charge in [-0.3, -0.25) is 0 Å². The maximum absolute atomic E-state index is 14.7. The van der Waals surface area contributed by atoms with E-state index in [2.05, 4.69) is 4.74 Å². The van der Waals surface area contributed by atoms with Gasteiger partial charge in [-0.05, 0) is 42.0 Å². The molecule has 37 heavy (non-hydrogen) atoms. The largest absolute Gasteiger partial charge is 0.453 e. The first-order chi connectivity index (χ1) is 17.5. The molecule has 1 heterocycles. The van der Waals surface area contributed by atoms with Crippen LogP contribution in [-0.2, 0) is 15.6 Å². The molecular formula is C26H19F7O4. The average Bonchev–Trinajstić information content (AvgIpc) is 2.83. The summed E-state index contributed by atoms with van der Waals surface area (Å²) in [6.45, 7) is 2.90. The lowest BCUT2D eigenvalue weighted by molar-refractivity contribution is -0.202. The van der Waals surface area contributed by atoms with Crippen LogP contribution in [0.1, 0.15) is 24.3 Å². The third kappa shape index (κ3) is 6.23. The Morgan fingerprint density at radius 2 is 1.51 bits per heavy atom. The van der Waals surface area contributed by atoms with Crippen LogP contribution in [0.2, 0.25) is 0 Å². The average molecular weight is 528 g/mol. The van der Waals surface area contributed by atoms with Crippen molar-refractivity contribution in [3.63, 3.8) is 0 Å². The molecule has 4 rings (SSSR count). The molecule has 0 atom stereocenters. The lowest BCUT2D eigenvalue weighted by Gasteiger charge is -2.28. The van der Waals surface area contributed by atoms with Crippen molar-refractivity contribution in [3.05, 3.63) is 95.5 Å². The van der Waals surface area contributed by atoms with E-state index in [4.69, 9.17) is 14.2 Å². The molecule has 3 aromatic carbocycles. The number of hydrogen-bond acceptors (Lipinski definition) is 4. The molecule has 1 saturated heterocycles. The van der Waals surface area contributed by atoms with Crippen LogP contribution in [0.4, 0.5) is 30.7 Å². The molecule has 0 N–H and O–H groups in total. The molecule has 1 fully saturated rings. The first kappa shape index (κ1) is 26.5. The van der Waals surface area contributed by atoms with Crippen LogP contribution < -0.4 is 9.47 Å². The molecule has 0 unspecified atom stereocenters. The van der Waals surface area contributed by atoms with Gasteiger partial charge in [0.1, 0.15) is 11.6 Å². The van der Waals surface area contributed by atoms with Gasteiger partial charge in [0.25, 0.3) is 0 Å². The van der Waals surface area contributed by atoms with E-state index in [9.17, 15) is 30.7 Å². The van der Waals surface area contributed by atoms with E-state index in [1.165, 1.54) is 12.1 Å². The van der Waals surface area contributed by atoms with E-state index in [0.29, 0.717) is 37.0 Å². The Balaban J connectivity index is 1.49. The van der Waals surface area contributed by atoms with Crippen LogP contribution in [0.25, 0.3) is 11.1 Å². The lowest BCUT2D eigenvalue weighted by atomic mass is 10.0. The van der Waals surface area contributed by atoms with Crippen molar-refractivity contribution in [3.8, 4) is 22.6 Å². The molecule has 0 spiro atoms. The predicted molar refractivity (Wildman–Crippen MR) is 117 cm³/mol. The summed E-state index contributed by atoms with van der Waals surface area (Å²) in [5.74, 6) is -5.30. The van der Waals surface area contributed by atoms with Gasteiger partial charge >= 0.3 is 12.2 Å². The third-order valence-corrected chi connectivity index (χ3v) is 5.34. The number of alkyl halides is 2. The molecule has 0 bridgehead atoms. The molecule has 1 aliphatic heterocycles. The highest BCUT2D eigenvalue weighted by molar-refractivity contribution is 5.66. The predicted octanol–water partition coefficient (Wildman–Crippen LogP) is 7.70. The Labute approximate surface area is 206 Å². The second-order valence-electron chi connectivity index (χ2n) is 8.28. The van der Waals surface area contributed by atoms with Gasteiger partial charge in [-0.15, -0.1) is 0 Å². The van der Waals surface area contributed by atoms with Crippen molar-refractivity contribution >= 4 is 0 Å². The molecule has 0 aliphatic carbocycles. The maximum atomic E-state index is 14.7. The van der Waals surface area contributed by atoms with Crippen LogP contribution in [0.5, 0.6) is 11.5 Å². The topological polar surface area (TPSA) is 36.9 Å². The van der Waals surface area contributed by atoms with Crippen LogP contribution in [-0.4, -0.2) is 13.2 Å². The van der Waals surface area contributed by atoms with Crippen LogP contribution in [0.15, 0.2) is 66.9 Å². The molecule has 4 nitrogen and oxygen atoms in total. The summed E-state index contributed by atoms with van der Waals surface area (Å²) < 4.78 is 117. The second kappa shape index (κ2) is 10.8. The minimum absolute atomic E-state index is 0.153. The summed E-state index contributed by atoms with van der Waals surface area (Å²) in [6, 6.07) is 8.98. The summed E-state index contributed by atoms with van der Waals surface area (Å²) in [5.41, 5.74) is -0.634. The highest BCUT2D eigenvalue weighted by atomic mass is 19.3. The fraction of sp³-hybridized carbons (Fsp3) is 0.231. The molecule has 196 valence electrons.